The van der Waals surface area contributed by atoms with Crippen molar-refractivity contribution in [2.24, 2.45) is 11.5 Å². The van der Waals surface area contributed by atoms with Crippen LogP contribution in [0, 0.1) is 34.6 Å². The molecule has 3 aromatic heterocycles. The number of hydrogen-bond acceptors (Lipinski definition) is 12. The second-order valence-corrected chi connectivity index (χ2v) is 60.2. The van der Waals surface area contributed by atoms with E-state index in [1.54, 1.807) is 9.13 Å². The molecule has 5 atom stereocenters. The maximum atomic E-state index is 13.7. The number of benzene rings is 5. The standard InChI is InChI=1S/C27H41BN2O4Si.C21H29BrN2O2Si.C20H31BrN2OSi.C15H27NOSi.C9H13NO/c1-19-12-11-13-20(14-19)23(18-32-35(9,10)25(2,3)4)30-17-22-15-21(16-29(22)24(30)31)28-33-26(5,6)27(7,8)34-28;1-15-8-7-9-16(10-15)19(14-26-27(5,6)21(2,3)4)24-13-18-11-17(22)12-23(18)20(24)25;1-15-8-7-9-16(10-15)19(14-24-25(5,6)20(2,3)4)23-13-18-11-17(21)12-22-18;1-12-8-7-9-13(10-12)14(16)11-17-18(5,6)15(2,3)4;1-7-3-2-4-8(5-7)9(10)6-11/h11-16,23H,17-18H2,1-10H3;7-12,19H,13-14H2,1-6H3;7-12,19,22-23H,13-14H2,1-6H3;7-10,14H,11,16H2,1-6H3;2-5,9,11H,6,10H2,1H3/t23-;2*19-;14-;9-/m11111/s1. The number of hydrogen-bond donors (Lipinski definition) is 5. The monoisotopic (exact) mass is 1780 g/mol. The lowest BCUT2D eigenvalue weighted by molar-refractivity contribution is 0.00578. The lowest BCUT2D eigenvalue weighted by atomic mass is 9.81. The number of halogens is 2. The number of amides is 2. The van der Waals surface area contributed by atoms with Gasteiger partial charge in [-0.1, -0.05) is 232 Å². The van der Waals surface area contributed by atoms with E-state index in [1.807, 2.05) is 99.4 Å². The molecule has 6 heterocycles. The smallest absolute Gasteiger partial charge is 0.415 e. The van der Waals surface area contributed by atoms with Gasteiger partial charge in [-0.05, 0) is 213 Å². The second kappa shape index (κ2) is 39.5. The van der Waals surface area contributed by atoms with Crippen molar-refractivity contribution in [2.75, 3.05) is 33.0 Å². The molecule has 0 radical (unpaired) electrons. The van der Waals surface area contributed by atoms with Gasteiger partial charge in [-0.15, -0.1) is 0 Å². The number of aryl methyl sites for hydroxylation is 5. The molecule has 0 saturated carbocycles. The third kappa shape index (κ3) is 26.0. The first-order valence-electron chi connectivity index (χ1n) is 41.1. The summed E-state index contributed by atoms with van der Waals surface area (Å²) in [5, 5.41) is 13.1. The van der Waals surface area contributed by atoms with Crippen LogP contribution in [0.3, 0.4) is 0 Å². The largest absolute Gasteiger partial charge is 0.496 e. The van der Waals surface area contributed by atoms with Crippen LogP contribution in [0.25, 0.3) is 0 Å². The summed E-state index contributed by atoms with van der Waals surface area (Å²) in [6.45, 7) is 68.0. The van der Waals surface area contributed by atoms with Gasteiger partial charge in [-0.25, -0.2) is 9.59 Å². The minimum atomic E-state index is -1.98. The second-order valence-electron chi connectivity index (χ2n) is 39.1. The zero-order valence-electron chi connectivity index (χ0n) is 75.5. The first kappa shape index (κ1) is 97.5. The van der Waals surface area contributed by atoms with Crippen LogP contribution in [0.4, 0.5) is 9.59 Å². The van der Waals surface area contributed by atoms with Crippen molar-refractivity contribution in [3.63, 3.8) is 0 Å². The average molecular weight is 1790 g/mol. The Kier molecular flexibility index (Phi) is 33.2. The minimum absolute atomic E-state index is 0.00343. The van der Waals surface area contributed by atoms with Gasteiger partial charge in [0.2, 0.25) is 0 Å². The number of aliphatic hydroxyl groups is 1. The number of H-pyrrole nitrogens is 1. The van der Waals surface area contributed by atoms with Crippen LogP contribution in [0.5, 0.6) is 0 Å². The topological polar surface area (TPSA) is 206 Å². The molecule has 24 heteroatoms. The van der Waals surface area contributed by atoms with E-state index in [0.29, 0.717) is 39.5 Å². The number of carbonyl (C=O) groups excluding carboxylic acids is 2. The quantitative estimate of drug-likeness (QED) is 0.0358. The molecule has 3 aliphatic rings. The molecule has 11 rings (SSSR count). The van der Waals surface area contributed by atoms with E-state index in [4.69, 9.17) is 43.6 Å². The van der Waals surface area contributed by atoms with Crippen molar-refractivity contribution in [1.82, 2.24) is 29.2 Å². The number of nitrogens with two attached hydrogens (primary N) is 2. The van der Waals surface area contributed by atoms with Gasteiger partial charge in [0.25, 0.3) is 0 Å². The fourth-order valence-corrected chi connectivity index (χ4v) is 17.3. The van der Waals surface area contributed by atoms with Crippen LogP contribution in [-0.2, 0) is 46.6 Å². The summed E-state index contributed by atoms with van der Waals surface area (Å²) in [7, 11) is -7.84. The zero-order chi connectivity index (χ0) is 86.9. The summed E-state index contributed by atoms with van der Waals surface area (Å²) in [5.74, 6) is 0. The summed E-state index contributed by atoms with van der Waals surface area (Å²) in [4.78, 5) is 33.9. The highest BCUT2D eigenvalue weighted by molar-refractivity contribution is 9.10. The number of nitrogens with zero attached hydrogens (tertiary/aromatic N) is 4. The summed E-state index contributed by atoms with van der Waals surface area (Å²) in [6.07, 6.45) is 5.69. The third-order valence-corrected chi connectivity index (χ3v) is 43.9. The van der Waals surface area contributed by atoms with E-state index in [-0.39, 0.29) is 69.0 Å². The van der Waals surface area contributed by atoms with Crippen molar-refractivity contribution in [3.05, 3.63) is 240 Å². The van der Waals surface area contributed by atoms with Crippen LogP contribution in [0.1, 0.15) is 214 Å². The molecule has 5 aromatic carbocycles. The number of aromatic nitrogens is 3. The summed E-state index contributed by atoms with van der Waals surface area (Å²) >= 11 is 6.96. The van der Waals surface area contributed by atoms with E-state index in [0.717, 1.165) is 60.3 Å². The van der Waals surface area contributed by atoms with Crippen molar-refractivity contribution in [3.8, 4) is 0 Å². The highest BCUT2D eigenvalue weighted by Gasteiger charge is 2.53. The fourth-order valence-electron chi connectivity index (χ4n) is 12.4. The number of carbonyl (C=O) groups is 2. The Morgan fingerprint density at radius 3 is 1.19 bits per heavy atom. The molecule has 8 aromatic rings. The first-order chi connectivity index (χ1) is 53.5. The van der Waals surface area contributed by atoms with Crippen LogP contribution < -0.4 is 22.2 Å². The molecular weight excluding hydrogens is 1640 g/mol. The first-order valence-corrected chi connectivity index (χ1v) is 54.3. The lowest BCUT2D eigenvalue weighted by Crippen LogP contribution is -2.44. The molecule has 3 aliphatic heterocycles. The molecule has 1 fully saturated rings. The Balaban J connectivity index is 0.000000209. The van der Waals surface area contributed by atoms with Gasteiger partial charge in [-0.2, -0.15) is 0 Å². The van der Waals surface area contributed by atoms with E-state index in [1.165, 1.54) is 33.4 Å². The SMILES string of the molecule is Cc1cccc([C@@H](CO[Si](C)(C)C(C)(C)C)N2Cc3cc(B4OC(C)(C)C(C)(C)O4)cn3C2=O)c1.Cc1cccc([C@@H](CO[Si](C)(C)C(C)(C)C)N2Cc3cc(Br)cn3C2=O)c1.Cc1cccc([C@@H](CO[Si](C)(C)C(C)(C)C)NCc2cc(Br)c[nH]2)c1.Cc1cccc([C@H](N)CO)c1.Cc1cccc([C@H](N)CO[Si](C)(C)C(C)(C)C)c1. The number of rotatable bonds is 24. The number of fused-ring (bicyclic) bond motifs is 2. The molecular formula is C92H141BBr2N8O9Si4. The normalized spacial score (nSPS) is 16.4. The zero-order valence-corrected chi connectivity index (χ0v) is 82.7. The molecule has 0 unspecified atom stereocenters. The van der Waals surface area contributed by atoms with Crippen molar-refractivity contribution in [1.29, 1.82) is 0 Å². The van der Waals surface area contributed by atoms with Gasteiger partial charge in [0, 0.05) is 56.6 Å². The fraction of sp³-hybridized carbons (Fsp3) is 0.522. The maximum Gasteiger partial charge on any atom is 0.496 e. The predicted octanol–water partition coefficient (Wildman–Crippen LogP) is 22.7. The Hall–Kier alpha value is -5.63. The van der Waals surface area contributed by atoms with Crippen LogP contribution in [0.2, 0.25) is 72.5 Å². The molecule has 7 N–H and O–H groups in total. The Morgan fingerprint density at radius 1 is 0.483 bits per heavy atom. The molecule has 17 nitrogen and oxygen atoms in total. The van der Waals surface area contributed by atoms with Crippen LogP contribution in [0.15, 0.2) is 167 Å². The van der Waals surface area contributed by atoms with Gasteiger partial charge in [-0.3, -0.25) is 9.13 Å². The van der Waals surface area contributed by atoms with E-state index in [2.05, 4.69) is 308 Å². The average Bonchev–Trinajstić information content (AvgIpc) is 1.59. The van der Waals surface area contributed by atoms with E-state index in [9.17, 15) is 9.59 Å². The van der Waals surface area contributed by atoms with E-state index < -0.39 is 51.6 Å². The van der Waals surface area contributed by atoms with Gasteiger partial charge in [0.05, 0.1) is 87.5 Å². The van der Waals surface area contributed by atoms with Crippen LogP contribution >= 0.6 is 31.9 Å². The highest BCUT2D eigenvalue weighted by Crippen LogP contribution is 2.44. The van der Waals surface area contributed by atoms with Gasteiger partial charge in [0.1, 0.15) is 0 Å². The molecule has 2 amide bonds. The van der Waals surface area contributed by atoms with Gasteiger partial charge in [0.15, 0.2) is 33.3 Å². The Labute approximate surface area is 718 Å². The molecule has 1 saturated heterocycles. The predicted molar refractivity (Wildman–Crippen MR) is 498 cm³/mol. The van der Waals surface area contributed by atoms with Gasteiger partial charge >= 0.3 is 19.2 Å². The van der Waals surface area contributed by atoms with Crippen LogP contribution in [-0.4, -0.2) is 126 Å². The summed E-state index contributed by atoms with van der Waals surface area (Å²) < 4.78 is 43.8. The van der Waals surface area contributed by atoms with E-state index >= 15 is 0 Å². The van der Waals surface area contributed by atoms with Crippen molar-refractivity contribution >= 4 is 89.8 Å². The van der Waals surface area contributed by atoms with Crippen molar-refractivity contribution < 1.29 is 41.7 Å². The number of aromatic amines is 1. The third-order valence-electron chi connectivity index (χ3n) is 25.0. The number of aliphatic hydroxyl groups excluding tert-OH is 1. The Bertz CT molecular complexity index is 4530. The van der Waals surface area contributed by atoms with Crippen molar-refractivity contribution in [2.45, 2.75) is 279 Å². The number of nitrogens with one attached hydrogen (secondary N) is 2. The van der Waals surface area contributed by atoms with Gasteiger partial charge < -0.3 is 63.7 Å². The summed E-state index contributed by atoms with van der Waals surface area (Å²) in [5.41, 5.74) is 26.7. The molecule has 0 spiro atoms. The lowest BCUT2D eigenvalue weighted by Gasteiger charge is -2.38. The molecule has 636 valence electrons. The summed E-state index contributed by atoms with van der Waals surface area (Å²) in [6, 6.07) is 47.5. The Morgan fingerprint density at radius 2 is 0.828 bits per heavy atom. The molecule has 116 heavy (non-hydrogen) atoms. The minimum Gasteiger partial charge on any atom is -0.415 e. The maximum absolute atomic E-state index is 13.7. The molecule has 0 bridgehead atoms. The molecule has 0 aliphatic carbocycles. The highest BCUT2D eigenvalue weighted by atomic mass is 79.9.